The SMILES string of the molecule is CC(=O)NC[C@H]1CN(c2ccc(NCCO)c(F)c2)C(=O)O1. The molecular weight excluding hydrogens is 293 g/mol. The van der Waals surface area contributed by atoms with E-state index in [-0.39, 0.29) is 37.8 Å². The van der Waals surface area contributed by atoms with Gasteiger partial charge in [0.15, 0.2) is 0 Å². The van der Waals surface area contributed by atoms with Crippen molar-refractivity contribution in [3.8, 4) is 0 Å². The summed E-state index contributed by atoms with van der Waals surface area (Å²) in [6, 6.07) is 4.31. The fourth-order valence-corrected chi connectivity index (χ4v) is 2.10. The van der Waals surface area contributed by atoms with E-state index >= 15 is 0 Å². The number of nitrogens with zero attached hydrogens (tertiary/aromatic N) is 1. The molecule has 0 spiro atoms. The van der Waals surface area contributed by atoms with Crippen LogP contribution in [0.5, 0.6) is 0 Å². The number of carbonyl (C=O) groups excluding carboxylic acids is 2. The van der Waals surface area contributed by atoms with Gasteiger partial charge in [0.2, 0.25) is 5.91 Å². The van der Waals surface area contributed by atoms with E-state index < -0.39 is 18.0 Å². The van der Waals surface area contributed by atoms with Gasteiger partial charge >= 0.3 is 6.09 Å². The van der Waals surface area contributed by atoms with Gasteiger partial charge in [0.05, 0.1) is 31.1 Å². The Hall–Kier alpha value is -2.35. The second-order valence-corrected chi connectivity index (χ2v) is 4.87. The molecule has 0 saturated carbocycles. The van der Waals surface area contributed by atoms with Crippen LogP contribution in [0.15, 0.2) is 18.2 Å². The summed E-state index contributed by atoms with van der Waals surface area (Å²) in [5, 5.41) is 14.0. The molecule has 0 unspecified atom stereocenters. The topological polar surface area (TPSA) is 90.9 Å². The van der Waals surface area contributed by atoms with Crippen molar-refractivity contribution in [2.24, 2.45) is 0 Å². The third kappa shape index (κ3) is 3.85. The van der Waals surface area contributed by atoms with Gasteiger partial charge in [-0.3, -0.25) is 9.69 Å². The van der Waals surface area contributed by atoms with Crippen molar-refractivity contribution >= 4 is 23.4 Å². The molecule has 0 radical (unpaired) electrons. The van der Waals surface area contributed by atoms with Gasteiger partial charge in [-0.2, -0.15) is 0 Å². The van der Waals surface area contributed by atoms with Crippen LogP contribution < -0.4 is 15.5 Å². The molecule has 3 N–H and O–H groups in total. The molecule has 1 aromatic rings. The predicted octanol–water partition coefficient (Wildman–Crippen LogP) is 0.691. The Morgan fingerprint density at radius 2 is 2.32 bits per heavy atom. The first kappa shape index (κ1) is 16.0. The molecule has 1 heterocycles. The summed E-state index contributed by atoms with van der Waals surface area (Å²) in [5.74, 6) is -0.732. The van der Waals surface area contributed by atoms with Crippen LogP contribution in [-0.4, -0.2) is 49.5 Å². The molecule has 2 rings (SSSR count). The summed E-state index contributed by atoms with van der Waals surface area (Å²) in [7, 11) is 0. The van der Waals surface area contributed by atoms with Crippen LogP contribution in [0.4, 0.5) is 20.6 Å². The Labute approximate surface area is 127 Å². The Balaban J connectivity index is 2.03. The number of anilines is 2. The molecule has 1 saturated heterocycles. The predicted molar refractivity (Wildman–Crippen MR) is 78.3 cm³/mol. The van der Waals surface area contributed by atoms with E-state index in [2.05, 4.69) is 10.6 Å². The number of rotatable bonds is 6. The minimum Gasteiger partial charge on any atom is -0.442 e. The molecule has 7 nitrogen and oxygen atoms in total. The van der Waals surface area contributed by atoms with Gasteiger partial charge < -0.3 is 20.5 Å². The third-order valence-corrected chi connectivity index (χ3v) is 3.14. The van der Waals surface area contributed by atoms with Gasteiger partial charge in [-0.1, -0.05) is 0 Å². The van der Waals surface area contributed by atoms with Crippen LogP contribution in [0.25, 0.3) is 0 Å². The number of amides is 2. The normalized spacial score (nSPS) is 17.3. The largest absolute Gasteiger partial charge is 0.442 e. The fourth-order valence-electron chi connectivity index (χ4n) is 2.10. The molecule has 1 aliphatic rings. The minimum atomic E-state index is -0.578. The Morgan fingerprint density at radius 3 is 2.95 bits per heavy atom. The number of cyclic esters (lactones) is 1. The summed E-state index contributed by atoms with van der Waals surface area (Å²) in [6.07, 6.45) is -1.04. The van der Waals surface area contributed by atoms with Crippen LogP contribution in [0.3, 0.4) is 0 Å². The van der Waals surface area contributed by atoms with Crippen LogP contribution in [0.1, 0.15) is 6.92 Å². The Kier molecular flexibility index (Phi) is 5.16. The van der Waals surface area contributed by atoms with Crippen LogP contribution >= 0.6 is 0 Å². The summed E-state index contributed by atoms with van der Waals surface area (Å²) in [5.41, 5.74) is 0.627. The van der Waals surface area contributed by atoms with Gasteiger partial charge in [0.25, 0.3) is 0 Å². The lowest BCUT2D eigenvalue weighted by molar-refractivity contribution is -0.119. The van der Waals surface area contributed by atoms with Crippen LogP contribution in [-0.2, 0) is 9.53 Å². The Morgan fingerprint density at radius 1 is 1.55 bits per heavy atom. The second kappa shape index (κ2) is 7.08. The van der Waals surface area contributed by atoms with Crippen molar-refractivity contribution in [1.29, 1.82) is 0 Å². The van der Waals surface area contributed by atoms with E-state index in [1.165, 1.54) is 24.0 Å². The first-order valence-corrected chi connectivity index (χ1v) is 6.88. The van der Waals surface area contributed by atoms with E-state index in [0.717, 1.165) is 0 Å². The zero-order chi connectivity index (χ0) is 16.1. The van der Waals surface area contributed by atoms with Crippen molar-refractivity contribution in [3.63, 3.8) is 0 Å². The van der Waals surface area contributed by atoms with Crippen LogP contribution in [0, 0.1) is 5.82 Å². The average Bonchev–Trinajstić information content (AvgIpc) is 2.85. The molecule has 0 aromatic heterocycles. The quantitative estimate of drug-likeness (QED) is 0.719. The fraction of sp³-hybridized carbons (Fsp3) is 0.429. The number of nitrogens with one attached hydrogen (secondary N) is 2. The zero-order valence-corrected chi connectivity index (χ0v) is 12.1. The number of benzene rings is 1. The molecule has 0 aliphatic carbocycles. The second-order valence-electron chi connectivity index (χ2n) is 4.87. The summed E-state index contributed by atoms with van der Waals surface area (Å²) in [4.78, 5) is 24.0. The number of ether oxygens (including phenoxy) is 1. The smallest absolute Gasteiger partial charge is 0.414 e. The van der Waals surface area contributed by atoms with Crippen molar-refractivity contribution in [1.82, 2.24) is 5.32 Å². The summed E-state index contributed by atoms with van der Waals surface area (Å²) >= 11 is 0. The molecule has 0 bridgehead atoms. The highest BCUT2D eigenvalue weighted by atomic mass is 19.1. The maximum Gasteiger partial charge on any atom is 0.414 e. The number of carbonyl (C=O) groups is 2. The lowest BCUT2D eigenvalue weighted by Crippen LogP contribution is -2.33. The maximum atomic E-state index is 13.9. The number of halogens is 1. The molecule has 1 aromatic carbocycles. The molecule has 8 heteroatoms. The first-order valence-electron chi connectivity index (χ1n) is 6.88. The molecule has 120 valence electrons. The third-order valence-electron chi connectivity index (χ3n) is 3.14. The van der Waals surface area contributed by atoms with E-state index in [9.17, 15) is 14.0 Å². The van der Waals surface area contributed by atoms with Gasteiger partial charge in [0, 0.05) is 13.5 Å². The number of aliphatic hydroxyl groups is 1. The van der Waals surface area contributed by atoms with Gasteiger partial charge in [-0.05, 0) is 18.2 Å². The number of hydrogen-bond donors (Lipinski definition) is 3. The molecule has 1 aliphatic heterocycles. The molecular formula is C14H18FN3O4. The molecule has 1 fully saturated rings. The van der Waals surface area contributed by atoms with E-state index in [1.54, 1.807) is 6.07 Å². The minimum absolute atomic E-state index is 0.107. The first-order chi connectivity index (χ1) is 10.5. The van der Waals surface area contributed by atoms with Gasteiger partial charge in [0.1, 0.15) is 11.9 Å². The number of aliphatic hydroxyl groups excluding tert-OH is 1. The van der Waals surface area contributed by atoms with Crippen LogP contribution in [0.2, 0.25) is 0 Å². The van der Waals surface area contributed by atoms with Crippen molar-refractivity contribution in [2.75, 3.05) is 36.5 Å². The zero-order valence-electron chi connectivity index (χ0n) is 12.1. The Bertz CT molecular complexity index is 567. The molecule has 1 atom stereocenters. The molecule has 2 amide bonds. The van der Waals surface area contributed by atoms with E-state index in [0.29, 0.717) is 5.69 Å². The van der Waals surface area contributed by atoms with Crippen molar-refractivity contribution < 1.29 is 23.8 Å². The molecule has 22 heavy (non-hydrogen) atoms. The van der Waals surface area contributed by atoms with E-state index in [4.69, 9.17) is 9.84 Å². The highest BCUT2D eigenvalue weighted by Gasteiger charge is 2.32. The van der Waals surface area contributed by atoms with Gasteiger partial charge in [-0.25, -0.2) is 9.18 Å². The number of hydrogen-bond acceptors (Lipinski definition) is 5. The highest BCUT2D eigenvalue weighted by Crippen LogP contribution is 2.25. The summed E-state index contributed by atoms with van der Waals surface area (Å²) < 4.78 is 19.0. The maximum absolute atomic E-state index is 13.9. The average molecular weight is 311 g/mol. The van der Waals surface area contributed by atoms with E-state index in [1.807, 2.05) is 0 Å². The monoisotopic (exact) mass is 311 g/mol. The lowest BCUT2D eigenvalue weighted by Gasteiger charge is -2.15. The summed E-state index contributed by atoms with van der Waals surface area (Å²) in [6.45, 7) is 1.96. The van der Waals surface area contributed by atoms with Gasteiger partial charge in [-0.15, -0.1) is 0 Å². The highest BCUT2D eigenvalue weighted by molar-refractivity contribution is 5.90. The van der Waals surface area contributed by atoms with Crippen molar-refractivity contribution in [2.45, 2.75) is 13.0 Å². The lowest BCUT2D eigenvalue weighted by atomic mass is 10.2. The van der Waals surface area contributed by atoms with Crippen molar-refractivity contribution in [3.05, 3.63) is 24.0 Å². The standard InChI is InChI=1S/C14H18FN3O4/c1-9(20)17-7-11-8-18(14(21)22-11)10-2-3-13(12(15)6-10)16-4-5-19/h2-3,6,11,16,19H,4-5,7-8H2,1H3,(H,17,20)/t11-/m0/s1.